The fourth-order valence-electron chi connectivity index (χ4n) is 2.32. The predicted octanol–water partition coefficient (Wildman–Crippen LogP) is 3.30. The van der Waals surface area contributed by atoms with E-state index in [1.807, 2.05) is 7.05 Å². The van der Waals surface area contributed by atoms with Gasteiger partial charge in [-0.2, -0.15) is 0 Å². The van der Waals surface area contributed by atoms with Gasteiger partial charge in [-0.05, 0) is 30.3 Å². The Morgan fingerprint density at radius 1 is 1.36 bits per heavy atom. The molecule has 1 aromatic carbocycles. The van der Waals surface area contributed by atoms with Crippen LogP contribution in [0.1, 0.15) is 16.1 Å². The van der Waals surface area contributed by atoms with Crippen LogP contribution in [-0.4, -0.2) is 15.5 Å². The molecule has 112 valence electrons. The third-order valence-corrected chi connectivity index (χ3v) is 3.64. The molecule has 0 radical (unpaired) electrons. The van der Waals surface area contributed by atoms with Crippen molar-refractivity contribution in [3.05, 3.63) is 64.8 Å². The molecule has 1 amide bonds. The van der Waals surface area contributed by atoms with Crippen molar-refractivity contribution in [3.63, 3.8) is 0 Å². The van der Waals surface area contributed by atoms with Crippen molar-refractivity contribution in [1.82, 2.24) is 14.9 Å². The highest BCUT2D eigenvalue weighted by Gasteiger charge is 2.14. The van der Waals surface area contributed by atoms with Crippen LogP contribution in [0.4, 0.5) is 4.39 Å². The molecule has 3 rings (SSSR count). The first-order valence-corrected chi connectivity index (χ1v) is 7.05. The summed E-state index contributed by atoms with van der Waals surface area (Å²) in [6.07, 6.45) is 3.21. The van der Waals surface area contributed by atoms with Crippen molar-refractivity contribution < 1.29 is 9.18 Å². The molecule has 2 aromatic heterocycles. The van der Waals surface area contributed by atoms with Crippen LogP contribution in [0.2, 0.25) is 5.02 Å². The first kappa shape index (κ1) is 14.5. The molecule has 0 unspecified atom stereocenters. The van der Waals surface area contributed by atoms with Gasteiger partial charge in [-0.1, -0.05) is 11.6 Å². The van der Waals surface area contributed by atoms with Crippen LogP contribution in [-0.2, 0) is 13.6 Å². The largest absolute Gasteiger partial charge is 0.350 e. The van der Waals surface area contributed by atoms with Gasteiger partial charge in [0.1, 0.15) is 5.82 Å². The normalized spacial score (nSPS) is 10.9. The van der Waals surface area contributed by atoms with Crippen LogP contribution in [0.3, 0.4) is 0 Å². The van der Waals surface area contributed by atoms with E-state index in [2.05, 4.69) is 10.3 Å². The zero-order valence-electron chi connectivity index (χ0n) is 11.8. The van der Waals surface area contributed by atoms with Gasteiger partial charge in [0.15, 0.2) is 0 Å². The van der Waals surface area contributed by atoms with Crippen molar-refractivity contribution in [2.24, 2.45) is 7.05 Å². The highest BCUT2D eigenvalue weighted by atomic mass is 35.5. The van der Waals surface area contributed by atoms with Crippen LogP contribution >= 0.6 is 11.6 Å². The Kier molecular flexibility index (Phi) is 3.81. The van der Waals surface area contributed by atoms with Crippen molar-refractivity contribution >= 4 is 28.4 Å². The minimum absolute atomic E-state index is 0.270. The first-order valence-electron chi connectivity index (χ1n) is 6.68. The monoisotopic (exact) mass is 317 g/mol. The van der Waals surface area contributed by atoms with Gasteiger partial charge >= 0.3 is 0 Å². The fraction of sp³-hybridized carbons (Fsp3) is 0.125. The average Bonchev–Trinajstić information content (AvgIpc) is 2.83. The number of carbonyl (C=O) groups excluding carboxylic acids is 1. The second kappa shape index (κ2) is 5.77. The molecule has 0 spiro atoms. The average molecular weight is 318 g/mol. The van der Waals surface area contributed by atoms with Gasteiger partial charge in [0.05, 0.1) is 22.8 Å². The summed E-state index contributed by atoms with van der Waals surface area (Å²) in [7, 11) is 1.82. The van der Waals surface area contributed by atoms with E-state index >= 15 is 0 Å². The number of benzene rings is 1. The summed E-state index contributed by atoms with van der Waals surface area (Å²) in [6.45, 7) is 0.279. The Hall–Kier alpha value is -2.40. The molecule has 0 fully saturated rings. The number of nitrogens with zero attached hydrogens (tertiary/aromatic N) is 2. The first-order chi connectivity index (χ1) is 10.5. The number of carbonyl (C=O) groups is 1. The highest BCUT2D eigenvalue weighted by molar-refractivity contribution is 6.30. The Morgan fingerprint density at radius 3 is 2.91 bits per heavy atom. The lowest BCUT2D eigenvalue weighted by atomic mass is 10.1. The van der Waals surface area contributed by atoms with Crippen molar-refractivity contribution in [3.8, 4) is 0 Å². The van der Waals surface area contributed by atoms with E-state index in [1.165, 1.54) is 18.3 Å². The number of hydrogen-bond acceptors (Lipinski definition) is 2. The molecule has 0 aliphatic heterocycles. The van der Waals surface area contributed by atoms with Gasteiger partial charge in [-0.3, -0.25) is 9.78 Å². The second-order valence-corrected chi connectivity index (χ2v) is 5.40. The molecule has 0 saturated heterocycles. The number of hydrogen-bond donors (Lipinski definition) is 1. The quantitative estimate of drug-likeness (QED) is 0.805. The molecule has 1 N–H and O–H groups in total. The van der Waals surface area contributed by atoms with E-state index in [0.29, 0.717) is 21.7 Å². The molecular weight excluding hydrogens is 305 g/mol. The van der Waals surface area contributed by atoms with E-state index in [9.17, 15) is 9.18 Å². The van der Waals surface area contributed by atoms with Gasteiger partial charge in [0.2, 0.25) is 0 Å². The summed E-state index contributed by atoms with van der Waals surface area (Å²) in [6, 6.07) is 7.85. The van der Waals surface area contributed by atoms with E-state index in [-0.39, 0.29) is 18.3 Å². The number of nitrogens with one attached hydrogen (secondary N) is 1. The SMILES string of the molecule is Cn1cc(C(=O)NCc2ccc(Cl)cn2)c2cc(F)ccc21. The fourth-order valence-corrected chi connectivity index (χ4v) is 2.43. The maximum atomic E-state index is 13.4. The molecule has 0 saturated carbocycles. The number of aromatic nitrogens is 2. The molecule has 0 bridgehead atoms. The van der Waals surface area contributed by atoms with Gasteiger partial charge < -0.3 is 9.88 Å². The van der Waals surface area contributed by atoms with Crippen molar-refractivity contribution in [2.75, 3.05) is 0 Å². The number of pyridine rings is 1. The molecule has 22 heavy (non-hydrogen) atoms. The molecule has 3 aromatic rings. The molecule has 4 nitrogen and oxygen atoms in total. The number of amides is 1. The maximum absolute atomic E-state index is 13.4. The van der Waals surface area contributed by atoms with E-state index < -0.39 is 0 Å². The Balaban J connectivity index is 1.83. The van der Waals surface area contributed by atoms with Gasteiger partial charge in [0, 0.05) is 30.3 Å². The summed E-state index contributed by atoms with van der Waals surface area (Å²) >= 11 is 5.77. The molecule has 0 aliphatic carbocycles. The molecule has 0 aliphatic rings. The van der Waals surface area contributed by atoms with E-state index in [0.717, 1.165) is 5.52 Å². The maximum Gasteiger partial charge on any atom is 0.253 e. The Morgan fingerprint density at radius 2 is 2.18 bits per heavy atom. The van der Waals surface area contributed by atoms with Gasteiger partial charge in [-0.25, -0.2) is 4.39 Å². The van der Waals surface area contributed by atoms with Gasteiger partial charge in [0.25, 0.3) is 5.91 Å². The minimum atomic E-state index is -0.368. The van der Waals surface area contributed by atoms with Crippen molar-refractivity contribution in [2.45, 2.75) is 6.54 Å². The Bertz CT molecular complexity index is 842. The summed E-state index contributed by atoms with van der Waals surface area (Å²) in [5.74, 6) is -0.639. The smallest absolute Gasteiger partial charge is 0.253 e. The number of fused-ring (bicyclic) bond motifs is 1. The number of rotatable bonds is 3. The Labute approximate surface area is 131 Å². The summed E-state index contributed by atoms with van der Waals surface area (Å²) in [4.78, 5) is 16.4. The van der Waals surface area contributed by atoms with E-state index in [1.54, 1.807) is 29.0 Å². The summed E-state index contributed by atoms with van der Waals surface area (Å²) in [5, 5.41) is 3.91. The third-order valence-electron chi connectivity index (χ3n) is 3.41. The third kappa shape index (κ3) is 2.80. The molecule has 0 atom stereocenters. The zero-order chi connectivity index (χ0) is 15.7. The minimum Gasteiger partial charge on any atom is -0.350 e. The van der Waals surface area contributed by atoms with E-state index in [4.69, 9.17) is 11.6 Å². The topological polar surface area (TPSA) is 46.9 Å². The highest BCUT2D eigenvalue weighted by Crippen LogP contribution is 2.21. The predicted molar refractivity (Wildman–Crippen MR) is 83.3 cm³/mol. The standard InChI is InChI=1S/C16H13ClFN3O/c1-21-9-14(13-6-11(18)3-5-15(13)21)16(22)20-8-12-4-2-10(17)7-19-12/h2-7,9H,8H2,1H3,(H,20,22). The zero-order valence-corrected chi connectivity index (χ0v) is 12.6. The number of aryl methyl sites for hydroxylation is 1. The van der Waals surface area contributed by atoms with Crippen LogP contribution in [0.15, 0.2) is 42.7 Å². The lowest BCUT2D eigenvalue weighted by Gasteiger charge is -2.04. The second-order valence-electron chi connectivity index (χ2n) is 4.97. The van der Waals surface area contributed by atoms with Crippen LogP contribution < -0.4 is 5.32 Å². The lowest BCUT2D eigenvalue weighted by Crippen LogP contribution is -2.23. The van der Waals surface area contributed by atoms with Crippen molar-refractivity contribution in [1.29, 1.82) is 0 Å². The number of halogens is 2. The molecule has 2 heterocycles. The molecule has 6 heteroatoms. The molecular formula is C16H13ClFN3O. The summed E-state index contributed by atoms with van der Waals surface area (Å²) in [5.41, 5.74) is 1.94. The van der Waals surface area contributed by atoms with Crippen LogP contribution in [0, 0.1) is 5.82 Å². The van der Waals surface area contributed by atoms with Crippen LogP contribution in [0.5, 0.6) is 0 Å². The van der Waals surface area contributed by atoms with Crippen LogP contribution in [0.25, 0.3) is 10.9 Å². The lowest BCUT2D eigenvalue weighted by molar-refractivity contribution is 0.0952. The summed E-state index contributed by atoms with van der Waals surface area (Å²) < 4.78 is 15.2. The van der Waals surface area contributed by atoms with Gasteiger partial charge in [-0.15, -0.1) is 0 Å².